The highest BCUT2D eigenvalue weighted by molar-refractivity contribution is 5.72. The van der Waals surface area contributed by atoms with E-state index >= 15 is 0 Å². The average molecular weight is 229 g/mol. The van der Waals surface area contributed by atoms with Crippen molar-refractivity contribution in [1.29, 1.82) is 0 Å². The van der Waals surface area contributed by atoms with Crippen molar-refractivity contribution in [3.63, 3.8) is 0 Å². The fourth-order valence-electron chi connectivity index (χ4n) is 1.98. The molecular formula is C11H19NO4. The third kappa shape index (κ3) is 3.48. The van der Waals surface area contributed by atoms with E-state index in [9.17, 15) is 9.59 Å². The van der Waals surface area contributed by atoms with Crippen LogP contribution in [-0.4, -0.2) is 48.7 Å². The van der Waals surface area contributed by atoms with Crippen LogP contribution in [0.1, 0.15) is 19.8 Å². The van der Waals surface area contributed by atoms with Crippen LogP contribution in [0.2, 0.25) is 0 Å². The summed E-state index contributed by atoms with van der Waals surface area (Å²) in [6, 6.07) is 0. The predicted octanol–water partition coefficient (Wildman–Crippen LogP) is 0.592. The van der Waals surface area contributed by atoms with Gasteiger partial charge in [0.15, 0.2) is 0 Å². The van der Waals surface area contributed by atoms with Crippen LogP contribution in [0.4, 0.5) is 0 Å². The average Bonchev–Trinajstić information content (AvgIpc) is 2.28. The number of ether oxygens (including phenoxy) is 1. The van der Waals surface area contributed by atoms with Gasteiger partial charge in [-0.3, -0.25) is 9.59 Å². The number of likely N-dealkylation sites (tertiary alicyclic amines) is 1. The highest BCUT2D eigenvalue weighted by Crippen LogP contribution is 2.19. The summed E-state index contributed by atoms with van der Waals surface area (Å²) >= 11 is 0. The zero-order chi connectivity index (χ0) is 12.1. The van der Waals surface area contributed by atoms with Crippen LogP contribution < -0.4 is 0 Å². The largest absolute Gasteiger partial charge is 0.481 e. The molecule has 1 N–H and O–H groups in total. The number of aliphatic carboxylic acids is 1. The van der Waals surface area contributed by atoms with Gasteiger partial charge in [-0.2, -0.15) is 0 Å². The number of carbonyl (C=O) groups is 2. The molecule has 0 amide bonds. The zero-order valence-corrected chi connectivity index (χ0v) is 9.81. The first-order valence-corrected chi connectivity index (χ1v) is 5.57. The summed E-state index contributed by atoms with van der Waals surface area (Å²) in [4.78, 5) is 24.1. The molecule has 5 nitrogen and oxygen atoms in total. The third-order valence-electron chi connectivity index (χ3n) is 3.08. The lowest BCUT2D eigenvalue weighted by Crippen LogP contribution is -2.40. The zero-order valence-electron chi connectivity index (χ0n) is 9.81. The van der Waals surface area contributed by atoms with Gasteiger partial charge in [0.2, 0.25) is 0 Å². The number of hydrogen-bond acceptors (Lipinski definition) is 4. The first-order valence-electron chi connectivity index (χ1n) is 5.57. The van der Waals surface area contributed by atoms with Gasteiger partial charge in [0.25, 0.3) is 0 Å². The Morgan fingerprint density at radius 3 is 2.44 bits per heavy atom. The summed E-state index contributed by atoms with van der Waals surface area (Å²) in [6.07, 6.45) is 1.53. The summed E-state index contributed by atoms with van der Waals surface area (Å²) in [5.41, 5.74) is 0. The summed E-state index contributed by atoms with van der Waals surface area (Å²) in [5.74, 6) is -1.28. The predicted molar refractivity (Wildman–Crippen MR) is 58.0 cm³/mol. The van der Waals surface area contributed by atoms with E-state index in [0.717, 1.165) is 25.9 Å². The minimum absolute atomic E-state index is 0.0126. The second kappa shape index (κ2) is 5.84. The lowest BCUT2D eigenvalue weighted by Gasteiger charge is -2.31. The molecule has 92 valence electrons. The molecule has 0 saturated carbocycles. The molecule has 1 aliphatic rings. The van der Waals surface area contributed by atoms with Crippen LogP contribution in [-0.2, 0) is 14.3 Å². The molecule has 5 heteroatoms. The Bertz CT molecular complexity index is 259. The topological polar surface area (TPSA) is 66.8 Å². The Balaban J connectivity index is 2.32. The van der Waals surface area contributed by atoms with Crippen molar-refractivity contribution in [1.82, 2.24) is 4.90 Å². The maximum absolute atomic E-state index is 11.3. The number of carboxylic acid groups (broad SMARTS) is 1. The second-order valence-electron chi connectivity index (χ2n) is 4.34. The quantitative estimate of drug-likeness (QED) is 0.715. The SMILES string of the molecule is COC(=O)C1CCN(CC(C)C(=O)O)CC1. The molecular weight excluding hydrogens is 210 g/mol. The second-order valence-corrected chi connectivity index (χ2v) is 4.34. The van der Waals surface area contributed by atoms with Crippen molar-refractivity contribution in [2.75, 3.05) is 26.7 Å². The Hall–Kier alpha value is -1.10. The van der Waals surface area contributed by atoms with E-state index in [0.29, 0.717) is 6.54 Å². The first kappa shape index (κ1) is 13.0. The van der Waals surface area contributed by atoms with E-state index in [1.54, 1.807) is 6.92 Å². The van der Waals surface area contributed by atoms with E-state index in [1.165, 1.54) is 7.11 Å². The van der Waals surface area contributed by atoms with Crippen molar-refractivity contribution in [2.45, 2.75) is 19.8 Å². The van der Waals surface area contributed by atoms with E-state index in [2.05, 4.69) is 4.90 Å². The van der Waals surface area contributed by atoms with Crippen molar-refractivity contribution in [2.24, 2.45) is 11.8 Å². The van der Waals surface area contributed by atoms with Gasteiger partial charge >= 0.3 is 11.9 Å². The maximum atomic E-state index is 11.3. The molecule has 0 aromatic rings. The molecule has 1 atom stereocenters. The lowest BCUT2D eigenvalue weighted by atomic mass is 9.96. The standard InChI is InChI=1S/C11H19NO4/c1-8(10(13)14)7-12-5-3-9(4-6-12)11(15)16-2/h8-9H,3-7H2,1-2H3,(H,13,14). The molecule has 0 spiro atoms. The van der Waals surface area contributed by atoms with Gasteiger partial charge in [-0.1, -0.05) is 6.92 Å². The molecule has 0 radical (unpaired) electrons. The molecule has 0 aliphatic carbocycles. The Labute approximate surface area is 95.4 Å². The normalized spacial score (nSPS) is 20.4. The van der Waals surface area contributed by atoms with Gasteiger partial charge in [0.05, 0.1) is 18.9 Å². The minimum atomic E-state index is -0.768. The van der Waals surface area contributed by atoms with Gasteiger partial charge in [0, 0.05) is 6.54 Å². The monoisotopic (exact) mass is 229 g/mol. The maximum Gasteiger partial charge on any atom is 0.308 e. The van der Waals surface area contributed by atoms with Gasteiger partial charge in [0.1, 0.15) is 0 Å². The molecule has 1 rings (SSSR count). The minimum Gasteiger partial charge on any atom is -0.481 e. The molecule has 16 heavy (non-hydrogen) atoms. The van der Waals surface area contributed by atoms with Crippen LogP contribution in [0.25, 0.3) is 0 Å². The number of hydrogen-bond donors (Lipinski definition) is 1. The van der Waals surface area contributed by atoms with E-state index in [4.69, 9.17) is 9.84 Å². The number of carbonyl (C=O) groups excluding carboxylic acids is 1. The summed E-state index contributed by atoms with van der Waals surface area (Å²) in [6.45, 7) is 3.81. The van der Waals surface area contributed by atoms with Crippen molar-refractivity contribution >= 4 is 11.9 Å². The number of piperidine rings is 1. The Morgan fingerprint density at radius 2 is 2.00 bits per heavy atom. The summed E-state index contributed by atoms with van der Waals surface area (Å²) in [7, 11) is 1.40. The highest BCUT2D eigenvalue weighted by Gasteiger charge is 2.26. The smallest absolute Gasteiger partial charge is 0.308 e. The number of nitrogens with zero attached hydrogens (tertiary/aromatic N) is 1. The van der Waals surface area contributed by atoms with Gasteiger partial charge < -0.3 is 14.7 Å². The Kier molecular flexibility index (Phi) is 4.73. The van der Waals surface area contributed by atoms with Crippen molar-refractivity contribution < 1.29 is 19.4 Å². The van der Waals surface area contributed by atoms with Gasteiger partial charge in [-0.25, -0.2) is 0 Å². The van der Waals surface area contributed by atoms with Crippen LogP contribution in [0.3, 0.4) is 0 Å². The van der Waals surface area contributed by atoms with Gasteiger partial charge in [-0.15, -0.1) is 0 Å². The van der Waals surface area contributed by atoms with E-state index < -0.39 is 5.97 Å². The molecule has 1 heterocycles. The van der Waals surface area contributed by atoms with Crippen molar-refractivity contribution in [3.05, 3.63) is 0 Å². The summed E-state index contributed by atoms with van der Waals surface area (Å²) in [5, 5.41) is 8.79. The van der Waals surface area contributed by atoms with Crippen LogP contribution >= 0.6 is 0 Å². The van der Waals surface area contributed by atoms with Crippen LogP contribution in [0, 0.1) is 11.8 Å². The molecule has 0 aromatic carbocycles. The van der Waals surface area contributed by atoms with Gasteiger partial charge in [-0.05, 0) is 25.9 Å². The van der Waals surface area contributed by atoms with E-state index in [-0.39, 0.29) is 17.8 Å². The van der Waals surface area contributed by atoms with Crippen LogP contribution in [0.5, 0.6) is 0 Å². The lowest BCUT2D eigenvalue weighted by molar-refractivity contribution is -0.148. The summed E-state index contributed by atoms with van der Waals surface area (Å²) < 4.78 is 4.69. The number of esters is 1. The third-order valence-corrected chi connectivity index (χ3v) is 3.08. The fraction of sp³-hybridized carbons (Fsp3) is 0.818. The molecule has 0 bridgehead atoms. The molecule has 1 fully saturated rings. The fourth-order valence-corrected chi connectivity index (χ4v) is 1.98. The Morgan fingerprint density at radius 1 is 1.44 bits per heavy atom. The molecule has 0 aromatic heterocycles. The number of rotatable bonds is 4. The van der Waals surface area contributed by atoms with Crippen molar-refractivity contribution in [3.8, 4) is 0 Å². The molecule has 1 aliphatic heterocycles. The van der Waals surface area contributed by atoms with Crippen LogP contribution in [0.15, 0.2) is 0 Å². The number of methoxy groups -OCH3 is 1. The molecule has 1 unspecified atom stereocenters. The molecule has 1 saturated heterocycles. The highest BCUT2D eigenvalue weighted by atomic mass is 16.5. The number of carboxylic acids is 1. The van der Waals surface area contributed by atoms with E-state index in [1.807, 2.05) is 0 Å². The first-order chi connectivity index (χ1) is 7.54.